The highest BCUT2D eigenvalue weighted by Crippen LogP contribution is 2.27. The predicted octanol–water partition coefficient (Wildman–Crippen LogP) is 1.88. The van der Waals surface area contributed by atoms with Gasteiger partial charge >= 0.3 is 0 Å². The van der Waals surface area contributed by atoms with Gasteiger partial charge in [-0.2, -0.15) is 0 Å². The van der Waals surface area contributed by atoms with Gasteiger partial charge in [-0.15, -0.1) is 0 Å². The zero-order valence-electron chi connectivity index (χ0n) is 14.9. The molecule has 134 valence electrons. The summed E-state index contributed by atoms with van der Waals surface area (Å²) in [4.78, 5) is 18.6. The van der Waals surface area contributed by atoms with Crippen molar-refractivity contribution in [1.29, 1.82) is 0 Å². The fourth-order valence-corrected chi connectivity index (χ4v) is 3.12. The zero-order chi connectivity index (χ0) is 17.8. The molecule has 0 radical (unpaired) electrons. The van der Waals surface area contributed by atoms with Gasteiger partial charge in [-0.05, 0) is 12.8 Å². The summed E-state index contributed by atoms with van der Waals surface area (Å²) in [5.74, 6) is 2.00. The van der Waals surface area contributed by atoms with Crippen LogP contribution in [0.2, 0.25) is 0 Å². The number of hydrogen-bond acceptors (Lipinski definition) is 6. The Bertz CT molecular complexity index is 768. The first-order valence-electron chi connectivity index (χ1n) is 8.37. The van der Waals surface area contributed by atoms with E-state index in [1.54, 1.807) is 38.2 Å². The molecule has 1 N–H and O–H groups in total. The maximum atomic E-state index is 12.3. The first-order chi connectivity index (χ1) is 12.1. The largest absolute Gasteiger partial charge is 0.497 e. The zero-order valence-corrected chi connectivity index (χ0v) is 14.9. The van der Waals surface area contributed by atoms with Gasteiger partial charge in [-0.25, -0.2) is 4.98 Å². The highest BCUT2D eigenvalue weighted by atomic mass is 16.5. The number of methoxy groups -OCH3 is 2. The molecule has 1 fully saturated rings. The first kappa shape index (κ1) is 17.1. The molecule has 3 rings (SSSR count). The third kappa shape index (κ3) is 3.87. The molecule has 25 heavy (non-hydrogen) atoms. The normalized spacial score (nSPS) is 17.2. The van der Waals surface area contributed by atoms with Gasteiger partial charge in [-0.3, -0.25) is 4.79 Å². The average Bonchev–Trinajstić information content (AvgIpc) is 2.63. The van der Waals surface area contributed by atoms with Crippen LogP contribution >= 0.6 is 0 Å². The van der Waals surface area contributed by atoms with Gasteiger partial charge in [0.1, 0.15) is 11.5 Å². The second kappa shape index (κ2) is 7.46. The fourth-order valence-electron chi connectivity index (χ4n) is 3.12. The fraction of sp³-hybridized carbons (Fsp3) is 0.444. The van der Waals surface area contributed by atoms with Crippen molar-refractivity contribution in [2.75, 3.05) is 37.5 Å². The molecule has 0 bridgehead atoms. The molecule has 1 aliphatic heterocycles. The minimum Gasteiger partial charge on any atom is -0.497 e. The van der Waals surface area contributed by atoms with E-state index in [0.29, 0.717) is 5.82 Å². The van der Waals surface area contributed by atoms with Crippen molar-refractivity contribution in [1.82, 2.24) is 9.55 Å². The molecule has 0 amide bonds. The predicted molar refractivity (Wildman–Crippen MR) is 97.9 cm³/mol. The topological polar surface area (TPSA) is 68.6 Å². The number of aryl methyl sites for hydroxylation is 1. The van der Waals surface area contributed by atoms with Crippen LogP contribution in [-0.4, -0.2) is 42.9 Å². The number of aromatic nitrogens is 2. The van der Waals surface area contributed by atoms with Crippen LogP contribution in [0, 0.1) is 0 Å². The lowest BCUT2D eigenvalue weighted by Crippen LogP contribution is -2.45. The smallest absolute Gasteiger partial charge is 0.293 e. The van der Waals surface area contributed by atoms with E-state index < -0.39 is 0 Å². The van der Waals surface area contributed by atoms with Gasteiger partial charge in [0.2, 0.25) is 0 Å². The van der Waals surface area contributed by atoms with Crippen molar-refractivity contribution in [2.45, 2.75) is 18.9 Å². The highest BCUT2D eigenvalue weighted by molar-refractivity contribution is 5.54. The summed E-state index contributed by atoms with van der Waals surface area (Å²) in [6, 6.07) is 5.95. The van der Waals surface area contributed by atoms with E-state index in [4.69, 9.17) is 9.47 Å². The van der Waals surface area contributed by atoms with Crippen LogP contribution in [0.15, 0.2) is 35.4 Å². The molecule has 0 saturated carbocycles. The van der Waals surface area contributed by atoms with E-state index in [0.717, 1.165) is 43.1 Å². The Balaban J connectivity index is 1.76. The number of nitrogens with one attached hydrogen (secondary N) is 1. The molecule has 1 saturated heterocycles. The third-order valence-electron chi connectivity index (χ3n) is 4.44. The van der Waals surface area contributed by atoms with Gasteiger partial charge in [-0.1, -0.05) is 0 Å². The lowest BCUT2D eigenvalue weighted by molar-refractivity contribution is 0.394. The number of nitrogens with zero attached hydrogens (tertiary/aromatic N) is 3. The van der Waals surface area contributed by atoms with Crippen LogP contribution in [0.1, 0.15) is 12.8 Å². The Kier molecular flexibility index (Phi) is 5.11. The van der Waals surface area contributed by atoms with Gasteiger partial charge in [0.05, 0.1) is 14.2 Å². The summed E-state index contributed by atoms with van der Waals surface area (Å²) >= 11 is 0. The molecule has 0 spiro atoms. The summed E-state index contributed by atoms with van der Waals surface area (Å²) < 4.78 is 12.2. The number of anilines is 2. The summed E-state index contributed by atoms with van der Waals surface area (Å²) in [5, 5.41) is 3.53. The molecule has 2 heterocycles. The van der Waals surface area contributed by atoms with Crippen molar-refractivity contribution in [3.05, 3.63) is 40.9 Å². The molecule has 1 atom stereocenters. The van der Waals surface area contributed by atoms with Gasteiger partial charge in [0.15, 0.2) is 5.82 Å². The Morgan fingerprint density at radius 3 is 2.60 bits per heavy atom. The van der Waals surface area contributed by atoms with Crippen molar-refractivity contribution in [3.63, 3.8) is 0 Å². The lowest BCUT2D eigenvalue weighted by Gasteiger charge is -2.34. The summed E-state index contributed by atoms with van der Waals surface area (Å²) in [5.41, 5.74) is 0.878. The summed E-state index contributed by atoms with van der Waals surface area (Å²) in [6.45, 7) is 1.57. The molecule has 1 aromatic carbocycles. The van der Waals surface area contributed by atoms with E-state index in [1.165, 1.54) is 0 Å². The Labute approximate surface area is 147 Å². The van der Waals surface area contributed by atoms with E-state index in [-0.39, 0.29) is 11.6 Å². The second-order valence-electron chi connectivity index (χ2n) is 6.20. The number of rotatable bonds is 5. The third-order valence-corrected chi connectivity index (χ3v) is 4.44. The van der Waals surface area contributed by atoms with Gasteiger partial charge < -0.3 is 24.3 Å². The Hall–Kier alpha value is -2.70. The van der Waals surface area contributed by atoms with Crippen LogP contribution in [0.5, 0.6) is 11.5 Å². The average molecular weight is 344 g/mol. The van der Waals surface area contributed by atoms with Crippen molar-refractivity contribution >= 4 is 11.5 Å². The molecule has 1 aliphatic rings. The van der Waals surface area contributed by atoms with Crippen LogP contribution in [0.25, 0.3) is 0 Å². The number of hydrogen-bond donors (Lipinski definition) is 1. The quantitative estimate of drug-likeness (QED) is 0.893. The van der Waals surface area contributed by atoms with Crippen molar-refractivity contribution in [3.8, 4) is 11.5 Å². The first-order valence-corrected chi connectivity index (χ1v) is 8.37. The van der Waals surface area contributed by atoms with E-state index >= 15 is 0 Å². The molecule has 7 nitrogen and oxygen atoms in total. The molecule has 1 unspecified atom stereocenters. The lowest BCUT2D eigenvalue weighted by atomic mass is 10.1. The van der Waals surface area contributed by atoms with E-state index in [9.17, 15) is 4.79 Å². The molecule has 0 aliphatic carbocycles. The number of benzene rings is 1. The van der Waals surface area contributed by atoms with Crippen LogP contribution in [-0.2, 0) is 7.05 Å². The maximum Gasteiger partial charge on any atom is 0.293 e. The second-order valence-corrected chi connectivity index (χ2v) is 6.20. The number of piperidine rings is 1. The SMILES string of the molecule is COc1cc(NC2CCCN(c3nccn(C)c3=O)C2)cc(OC)c1. The molecular formula is C18H24N4O3. The highest BCUT2D eigenvalue weighted by Gasteiger charge is 2.23. The minimum atomic E-state index is -0.0637. The van der Waals surface area contributed by atoms with Gasteiger partial charge in [0.25, 0.3) is 5.56 Å². The van der Waals surface area contributed by atoms with E-state index in [1.807, 2.05) is 18.2 Å². The minimum absolute atomic E-state index is 0.0637. The summed E-state index contributed by atoms with van der Waals surface area (Å²) in [7, 11) is 5.02. The van der Waals surface area contributed by atoms with Crippen LogP contribution < -0.4 is 25.2 Å². The molecule has 2 aromatic rings. The monoisotopic (exact) mass is 344 g/mol. The Morgan fingerprint density at radius 1 is 1.20 bits per heavy atom. The molecular weight excluding hydrogens is 320 g/mol. The molecule has 7 heteroatoms. The van der Waals surface area contributed by atoms with E-state index in [2.05, 4.69) is 15.2 Å². The van der Waals surface area contributed by atoms with Crippen LogP contribution in [0.4, 0.5) is 11.5 Å². The number of ether oxygens (including phenoxy) is 2. The van der Waals surface area contributed by atoms with Crippen molar-refractivity contribution in [2.24, 2.45) is 7.05 Å². The van der Waals surface area contributed by atoms with Gasteiger partial charge in [0, 0.05) is 62.5 Å². The maximum absolute atomic E-state index is 12.3. The molecule has 1 aromatic heterocycles. The summed E-state index contributed by atoms with van der Waals surface area (Å²) in [6.07, 6.45) is 5.37. The standard InChI is InChI=1S/C18H24N4O3/c1-21-8-6-19-17(18(21)23)22-7-4-5-13(12-22)20-14-9-15(24-2)11-16(10-14)25-3/h6,8-11,13,20H,4-5,7,12H2,1-3H3. The van der Waals surface area contributed by atoms with Crippen LogP contribution in [0.3, 0.4) is 0 Å². The Morgan fingerprint density at radius 2 is 1.92 bits per heavy atom. The van der Waals surface area contributed by atoms with Crippen molar-refractivity contribution < 1.29 is 9.47 Å².